The van der Waals surface area contributed by atoms with E-state index in [-0.39, 0.29) is 12.4 Å². The number of halogens is 1. The standard InChI is InChI=1S/C13H9FN2O/c14-13-4-2-1-3-10(13)9-17-12-6-5-11(7-15)16-8-12/h1-6,8H,9H2. The van der Waals surface area contributed by atoms with E-state index in [2.05, 4.69) is 4.98 Å². The molecule has 4 heteroatoms. The Morgan fingerprint density at radius 3 is 2.71 bits per heavy atom. The van der Waals surface area contributed by atoms with Crippen LogP contribution < -0.4 is 4.74 Å². The van der Waals surface area contributed by atoms with Gasteiger partial charge in [-0.3, -0.25) is 0 Å². The van der Waals surface area contributed by atoms with Crippen molar-refractivity contribution in [1.29, 1.82) is 5.26 Å². The molecule has 0 spiro atoms. The molecule has 0 saturated heterocycles. The quantitative estimate of drug-likeness (QED) is 0.811. The third kappa shape index (κ3) is 2.79. The highest BCUT2D eigenvalue weighted by atomic mass is 19.1. The van der Waals surface area contributed by atoms with Gasteiger partial charge in [-0.25, -0.2) is 9.37 Å². The molecule has 0 unspecified atom stereocenters. The zero-order chi connectivity index (χ0) is 12.1. The molecule has 0 aliphatic rings. The number of nitrogens with zero attached hydrogens (tertiary/aromatic N) is 2. The molecule has 0 aliphatic carbocycles. The van der Waals surface area contributed by atoms with Crippen molar-refractivity contribution in [2.75, 3.05) is 0 Å². The molecular formula is C13H9FN2O. The number of ether oxygens (including phenoxy) is 1. The predicted octanol–water partition coefficient (Wildman–Crippen LogP) is 2.67. The predicted molar refractivity (Wildman–Crippen MR) is 59.7 cm³/mol. The van der Waals surface area contributed by atoms with Crippen LogP contribution in [0.25, 0.3) is 0 Å². The summed E-state index contributed by atoms with van der Waals surface area (Å²) in [5, 5.41) is 8.57. The van der Waals surface area contributed by atoms with Crippen LogP contribution in [0.1, 0.15) is 11.3 Å². The molecule has 0 radical (unpaired) electrons. The molecule has 0 amide bonds. The average Bonchev–Trinajstić information content (AvgIpc) is 2.38. The number of aromatic nitrogens is 1. The van der Waals surface area contributed by atoms with E-state index < -0.39 is 0 Å². The zero-order valence-electron chi connectivity index (χ0n) is 8.93. The number of nitriles is 1. The zero-order valence-corrected chi connectivity index (χ0v) is 8.93. The van der Waals surface area contributed by atoms with E-state index in [1.165, 1.54) is 12.3 Å². The molecule has 0 fully saturated rings. The summed E-state index contributed by atoms with van der Waals surface area (Å²) in [6.45, 7) is 0.139. The number of hydrogen-bond acceptors (Lipinski definition) is 3. The maximum atomic E-state index is 13.3. The smallest absolute Gasteiger partial charge is 0.140 e. The molecular weight excluding hydrogens is 219 g/mol. The van der Waals surface area contributed by atoms with E-state index in [1.54, 1.807) is 30.3 Å². The molecule has 1 aromatic carbocycles. The van der Waals surface area contributed by atoms with Crippen LogP contribution in [0.2, 0.25) is 0 Å². The fraction of sp³-hybridized carbons (Fsp3) is 0.0769. The topological polar surface area (TPSA) is 45.9 Å². The van der Waals surface area contributed by atoms with Gasteiger partial charge >= 0.3 is 0 Å². The minimum Gasteiger partial charge on any atom is -0.487 e. The monoisotopic (exact) mass is 228 g/mol. The lowest BCUT2D eigenvalue weighted by molar-refractivity contribution is 0.298. The summed E-state index contributed by atoms with van der Waals surface area (Å²) in [4.78, 5) is 3.85. The normalized spacial score (nSPS) is 9.65. The summed E-state index contributed by atoms with van der Waals surface area (Å²) < 4.78 is 18.6. The third-order valence-corrected chi connectivity index (χ3v) is 2.20. The van der Waals surface area contributed by atoms with Crippen LogP contribution in [0.15, 0.2) is 42.6 Å². The van der Waals surface area contributed by atoms with Crippen molar-refractivity contribution in [1.82, 2.24) is 4.98 Å². The summed E-state index contributed by atoms with van der Waals surface area (Å²) in [5.41, 5.74) is 0.806. The Morgan fingerprint density at radius 1 is 1.24 bits per heavy atom. The van der Waals surface area contributed by atoms with Gasteiger partial charge in [-0.15, -0.1) is 0 Å². The van der Waals surface area contributed by atoms with Gasteiger partial charge in [0.05, 0.1) is 6.20 Å². The van der Waals surface area contributed by atoms with Crippen LogP contribution in [0.3, 0.4) is 0 Å². The van der Waals surface area contributed by atoms with Gasteiger partial charge in [0.1, 0.15) is 29.9 Å². The van der Waals surface area contributed by atoms with Gasteiger partial charge in [-0.2, -0.15) is 5.26 Å². The number of benzene rings is 1. The lowest BCUT2D eigenvalue weighted by Crippen LogP contribution is -1.98. The lowest BCUT2D eigenvalue weighted by atomic mass is 10.2. The molecule has 0 aliphatic heterocycles. The molecule has 2 rings (SSSR count). The molecule has 2 aromatic rings. The fourth-order valence-electron chi connectivity index (χ4n) is 1.31. The summed E-state index contributed by atoms with van der Waals surface area (Å²) in [6.07, 6.45) is 1.44. The van der Waals surface area contributed by atoms with Crippen molar-refractivity contribution in [2.45, 2.75) is 6.61 Å². The van der Waals surface area contributed by atoms with Crippen molar-refractivity contribution >= 4 is 0 Å². The van der Waals surface area contributed by atoms with Crippen molar-refractivity contribution in [3.63, 3.8) is 0 Å². The van der Waals surface area contributed by atoms with Gasteiger partial charge in [0.2, 0.25) is 0 Å². The van der Waals surface area contributed by atoms with Crippen LogP contribution in [-0.4, -0.2) is 4.98 Å². The van der Waals surface area contributed by atoms with E-state index in [0.29, 0.717) is 17.0 Å². The summed E-state index contributed by atoms with van der Waals surface area (Å²) in [7, 11) is 0. The largest absolute Gasteiger partial charge is 0.487 e. The Morgan fingerprint density at radius 2 is 2.06 bits per heavy atom. The van der Waals surface area contributed by atoms with E-state index in [1.807, 2.05) is 6.07 Å². The Bertz CT molecular complexity index is 546. The maximum Gasteiger partial charge on any atom is 0.140 e. The summed E-state index contributed by atoms with van der Waals surface area (Å²) in [6, 6.07) is 11.5. The van der Waals surface area contributed by atoms with Crippen molar-refractivity contribution < 1.29 is 9.13 Å². The number of hydrogen-bond donors (Lipinski definition) is 0. The van der Waals surface area contributed by atoms with Crippen LogP contribution >= 0.6 is 0 Å². The Labute approximate surface area is 98.1 Å². The Balaban J connectivity index is 2.03. The second-order valence-electron chi connectivity index (χ2n) is 3.37. The second kappa shape index (κ2) is 5.08. The number of pyridine rings is 1. The van der Waals surface area contributed by atoms with Gasteiger partial charge in [0, 0.05) is 5.56 Å². The number of rotatable bonds is 3. The molecule has 3 nitrogen and oxygen atoms in total. The van der Waals surface area contributed by atoms with Gasteiger partial charge < -0.3 is 4.74 Å². The summed E-state index contributed by atoms with van der Waals surface area (Å²) >= 11 is 0. The highest BCUT2D eigenvalue weighted by Crippen LogP contribution is 2.13. The lowest BCUT2D eigenvalue weighted by Gasteiger charge is -2.06. The van der Waals surface area contributed by atoms with Gasteiger partial charge in [0.15, 0.2) is 0 Å². The van der Waals surface area contributed by atoms with Crippen LogP contribution in [0.5, 0.6) is 5.75 Å². The van der Waals surface area contributed by atoms with Crippen molar-refractivity contribution in [2.24, 2.45) is 0 Å². The van der Waals surface area contributed by atoms with Crippen LogP contribution in [-0.2, 0) is 6.61 Å². The SMILES string of the molecule is N#Cc1ccc(OCc2ccccc2F)cn1. The molecule has 0 N–H and O–H groups in total. The van der Waals surface area contributed by atoms with Crippen molar-refractivity contribution in [3.8, 4) is 11.8 Å². The van der Waals surface area contributed by atoms with Crippen molar-refractivity contribution in [3.05, 3.63) is 59.7 Å². The minimum atomic E-state index is -0.297. The molecule has 17 heavy (non-hydrogen) atoms. The molecule has 0 bridgehead atoms. The van der Waals surface area contributed by atoms with Gasteiger partial charge in [0.25, 0.3) is 0 Å². The Kier molecular flexibility index (Phi) is 3.31. The van der Waals surface area contributed by atoms with Crippen LogP contribution in [0, 0.1) is 17.1 Å². The summed E-state index contributed by atoms with van der Waals surface area (Å²) in [5.74, 6) is 0.210. The first-order valence-corrected chi connectivity index (χ1v) is 5.02. The van der Waals surface area contributed by atoms with Gasteiger partial charge in [-0.05, 0) is 18.2 Å². The average molecular weight is 228 g/mol. The minimum absolute atomic E-state index is 0.139. The molecule has 0 saturated carbocycles. The molecule has 0 atom stereocenters. The fourth-order valence-corrected chi connectivity index (χ4v) is 1.31. The van der Waals surface area contributed by atoms with E-state index in [0.717, 1.165) is 0 Å². The maximum absolute atomic E-state index is 13.3. The second-order valence-corrected chi connectivity index (χ2v) is 3.37. The molecule has 1 heterocycles. The first-order valence-electron chi connectivity index (χ1n) is 5.02. The van der Waals surface area contributed by atoms with Gasteiger partial charge in [-0.1, -0.05) is 18.2 Å². The van der Waals surface area contributed by atoms with E-state index >= 15 is 0 Å². The highest BCUT2D eigenvalue weighted by Gasteiger charge is 2.02. The first kappa shape index (κ1) is 11.1. The molecule has 1 aromatic heterocycles. The van der Waals surface area contributed by atoms with E-state index in [4.69, 9.17) is 10.00 Å². The third-order valence-electron chi connectivity index (χ3n) is 2.20. The van der Waals surface area contributed by atoms with Crippen LogP contribution in [0.4, 0.5) is 4.39 Å². The molecule has 84 valence electrons. The highest BCUT2D eigenvalue weighted by molar-refractivity contribution is 5.27. The first-order chi connectivity index (χ1) is 8.29. The van der Waals surface area contributed by atoms with E-state index in [9.17, 15) is 4.39 Å². The Hall–Kier alpha value is -2.41.